The SMILES string of the molecule is CCNC(=NCc1csc(N(C)C)n1)NCC(C)Oc1ccc(OC)cc1.I. The Labute approximate surface area is 188 Å². The molecule has 1 atom stereocenters. The van der Waals surface area contributed by atoms with Gasteiger partial charge in [-0.1, -0.05) is 0 Å². The van der Waals surface area contributed by atoms with E-state index in [1.807, 2.05) is 62.5 Å². The number of anilines is 1. The Morgan fingerprint density at radius 3 is 2.46 bits per heavy atom. The topological polar surface area (TPSA) is 71.0 Å². The molecule has 0 radical (unpaired) electrons. The van der Waals surface area contributed by atoms with Crippen LogP contribution in [0.3, 0.4) is 0 Å². The molecule has 156 valence electrons. The number of benzene rings is 1. The van der Waals surface area contributed by atoms with Gasteiger partial charge in [-0.2, -0.15) is 0 Å². The zero-order chi connectivity index (χ0) is 19.6. The fourth-order valence-electron chi connectivity index (χ4n) is 2.24. The summed E-state index contributed by atoms with van der Waals surface area (Å²) in [6.45, 7) is 6.02. The van der Waals surface area contributed by atoms with Crippen LogP contribution in [0, 0.1) is 0 Å². The van der Waals surface area contributed by atoms with Gasteiger partial charge in [0.1, 0.15) is 17.6 Å². The number of aliphatic imine (C=N–C) groups is 1. The third kappa shape index (κ3) is 8.09. The molecule has 1 aromatic carbocycles. The van der Waals surface area contributed by atoms with Gasteiger partial charge in [0.15, 0.2) is 11.1 Å². The Kier molecular flexibility index (Phi) is 11.0. The average molecular weight is 519 g/mol. The second-order valence-electron chi connectivity index (χ2n) is 6.20. The molecule has 1 unspecified atom stereocenters. The average Bonchev–Trinajstić information content (AvgIpc) is 3.14. The van der Waals surface area contributed by atoms with Crippen molar-refractivity contribution >= 4 is 46.4 Å². The standard InChI is InChI=1S/C19H29N5O2S.HI/c1-6-20-18(22-12-15-13-27-19(23-15)24(3)4)21-11-14(2)26-17-9-7-16(25-5)8-10-17;/h7-10,13-14H,6,11-12H2,1-5H3,(H2,20,21,22);1H. The first-order chi connectivity index (χ1) is 13.0. The van der Waals surface area contributed by atoms with Crippen LogP contribution in [0.2, 0.25) is 0 Å². The van der Waals surface area contributed by atoms with Crippen LogP contribution in [0.1, 0.15) is 19.5 Å². The highest BCUT2D eigenvalue weighted by atomic mass is 127. The minimum absolute atomic E-state index is 0. The van der Waals surface area contributed by atoms with Gasteiger partial charge in [0.25, 0.3) is 0 Å². The van der Waals surface area contributed by atoms with Gasteiger partial charge >= 0.3 is 0 Å². The van der Waals surface area contributed by atoms with Crippen molar-refractivity contribution in [2.24, 2.45) is 4.99 Å². The Morgan fingerprint density at radius 1 is 1.21 bits per heavy atom. The van der Waals surface area contributed by atoms with E-state index in [4.69, 9.17) is 9.47 Å². The zero-order valence-corrected chi connectivity index (χ0v) is 20.2. The van der Waals surface area contributed by atoms with Gasteiger partial charge in [-0.3, -0.25) is 0 Å². The van der Waals surface area contributed by atoms with Gasteiger partial charge in [-0.25, -0.2) is 9.98 Å². The van der Waals surface area contributed by atoms with Crippen LogP contribution in [-0.2, 0) is 6.54 Å². The van der Waals surface area contributed by atoms with Crippen molar-refractivity contribution < 1.29 is 9.47 Å². The summed E-state index contributed by atoms with van der Waals surface area (Å²) in [6.07, 6.45) is -0.0122. The Hall–Kier alpha value is -1.75. The number of guanidine groups is 1. The molecule has 0 spiro atoms. The van der Waals surface area contributed by atoms with Crippen LogP contribution in [0.15, 0.2) is 34.6 Å². The maximum atomic E-state index is 5.92. The monoisotopic (exact) mass is 519 g/mol. The number of ether oxygens (including phenoxy) is 2. The van der Waals surface area contributed by atoms with Crippen molar-refractivity contribution in [3.63, 3.8) is 0 Å². The molecule has 2 N–H and O–H groups in total. The summed E-state index contributed by atoms with van der Waals surface area (Å²) in [7, 11) is 5.63. The van der Waals surface area contributed by atoms with E-state index in [2.05, 4.69) is 20.6 Å². The number of rotatable bonds is 9. The maximum absolute atomic E-state index is 5.92. The van der Waals surface area contributed by atoms with Crippen molar-refractivity contribution in [2.45, 2.75) is 26.5 Å². The lowest BCUT2D eigenvalue weighted by molar-refractivity contribution is 0.223. The number of hydrogen-bond donors (Lipinski definition) is 2. The van der Waals surface area contributed by atoms with Gasteiger partial charge < -0.3 is 25.0 Å². The van der Waals surface area contributed by atoms with Gasteiger partial charge in [-0.05, 0) is 38.1 Å². The van der Waals surface area contributed by atoms with Crippen molar-refractivity contribution in [3.05, 3.63) is 35.3 Å². The molecule has 0 amide bonds. The normalized spacial score (nSPS) is 12.0. The number of methoxy groups -OCH3 is 1. The van der Waals surface area contributed by atoms with Crippen LogP contribution in [0.4, 0.5) is 5.13 Å². The second kappa shape index (κ2) is 12.7. The molecule has 0 saturated heterocycles. The van der Waals surface area contributed by atoms with Crippen LogP contribution in [0.5, 0.6) is 11.5 Å². The second-order valence-corrected chi connectivity index (χ2v) is 7.03. The summed E-state index contributed by atoms with van der Waals surface area (Å²) < 4.78 is 11.1. The highest BCUT2D eigenvalue weighted by molar-refractivity contribution is 14.0. The van der Waals surface area contributed by atoms with Crippen LogP contribution >= 0.6 is 35.3 Å². The molecule has 0 bridgehead atoms. The quantitative estimate of drug-likeness (QED) is 0.301. The minimum Gasteiger partial charge on any atom is -0.497 e. The van der Waals surface area contributed by atoms with E-state index in [1.54, 1.807) is 18.4 Å². The first-order valence-electron chi connectivity index (χ1n) is 8.96. The van der Waals surface area contributed by atoms with Gasteiger partial charge in [0, 0.05) is 26.0 Å². The third-order valence-electron chi connectivity index (χ3n) is 3.62. The van der Waals surface area contributed by atoms with E-state index in [0.717, 1.165) is 34.8 Å². The summed E-state index contributed by atoms with van der Waals surface area (Å²) in [5.41, 5.74) is 0.962. The summed E-state index contributed by atoms with van der Waals surface area (Å²) in [6, 6.07) is 7.58. The fraction of sp³-hybridized carbons (Fsp3) is 0.474. The van der Waals surface area contributed by atoms with E-state index in [-0.39, 0.29) is 30.1 Å². The lowest BCUT2D eigenvalue weighted by atomic mass is 10.3. The molecule has 0 saturated carbocycles. The van der Waals surface area contributed by atoms with Gasteiger partial charge in [-0.15, -0.1) is 35.3 Å². The van der Waals surface area contributed by atoms with E-state index >= 15 is 0 Å². The van der Waals surface area contributed by atoms with Gasteiger partial charge in [0.05, 0.1) is 25.9 Å². The summed E-state index contributed by atoms with van der Waals surface area (Å²) in [4.78, 5) is 11.2. The van der Waals surface area contributed by atoms with E-state index in [1.165, 1.54) is 0 Å². The third-order valence-corrected chi connectivity index (χ3v) is 4.68. The lowest BCUT2D eigenvalue weighted by Gasteiger charge is -2.17. The number of nitrogens with zero attached hydrogens (tertiary/aromatic N) is 3. The fourth-order valence-corrected chi connectivity index (χ4v) is 2.99. The van der Waals surface area contributed by atoms with Crippen LogP contribution in [0.25, 0.3) is 0 Å². The molecular weight excluding hydrogens is 489 g/mol. The van der Waals surface area contributed by atoms with E-state index in [9.17, 15) is 0 Å². The van der Waals surface area contributed by atoms with Crippen LogP contribution in [-0.4, -0.2) is 51.3 Å². The minimum atomic E-state index is -0.0122. The summed E-state index contributed by atoms with van der Waals surface area (Å²) >= 11 is 1.62. The molecule has 7 nitrogen and oxygen atoms in total. The molecule has 0 aliphatic carbocycles. The van der Waals surface area contributed by atoms with Gasteiger partial charge in [0.2, 0.25) is 0 Å². The molecule has 9 heteroatoms. The highest BCUT2D eigenvalue weighted by Gasteiger charge is 2.07. The van der Waals surface area contributed by atoms with Crippen LogP contribution < -0.4 is 25.0 Å². The number of halogens is 1. The predicted octanol–water partition coefficient (Wildman–Crippen LogP) is 3.36. The predicted molar refractivity (Wildman–Crippen MR) is 128 cm³/mol. The highest BCUT2D eigenvalue weighted by Crippen LogP contribution is 2.19. The van der Waals surface area contributed by atoms with Crippen molar-refractivity contribution in [1.82, 2.24) is 15.6 Å². The molecule has 1 heterocycles. The first-order valence-corrected chi connectivity index (χ1v) is 9.84. The molecule has 1 aromatic heterocycles. The first kappa shape index (κ1) is 24.3. The van der Waals surface area contributed by atoms with Crippen molar-refractivity contribution in [2.75, 3.05) is 39.2 Å². The molecule has 28 heavy (non-hydrogen) atoms. The molecule has 0 aliphatic rings. The number of thiazole rings is 1. The Bertz CT molecular complexity index is 721. The zero-order valence-electron chi connectivity index (χ0n) is 17.1. The van der Waals surface area contributed by atoms with E-state index in [0.29, 0.717) is 13.1 Å². The molecule has 0 aliphatic heterocycles. The largest absolute Gasteiger partial charge is 0.497 e. The maximum Gasteiger partial charge on any atom is 0.191 e. The van der Waals surface area contributed by atoms with E-state index < -0.39 is 0 Å². The molecule has 0 fully saturated rings. The smallest absolute Gasteiger partial charge is 0.191 e. The molecule has 2 aromatic rings. The summed E-state index contributed by atoms with van der Waals surface area (Å²) in [5.74, 6) is 2.38. The number of hydrogen-bond acceptors (Lipinski definition) is 6. The Balaban J connectivity index is 0.00000392. The molecule has 2 rings (SSSR count). The van der Waals surface area contributed by atoms with Crippen molar-refractivity contribution in [3.8, 4) is 11.5 Å². The summed E-state index contributed by atoms with van der Waals surface area (Å²) in [5, 5.41) is 9.59. The number of nitrogens with one attached hydrogen (secondary N) is 2. The Morgan fingerprint density at radius 2 is 1.89 bits per heavy atom. The molecular formula is C19H30IN5O2S. The van der Waals surface area contributed by atoms with Crippen molar-refractivity contribution in [1.29, 1.82) is 0 Å². The lowest BCUT2D eigenvalue weighted by Crippen LogP contribution is -2.41. The number of aromatic nitrogens is 1.